The molecule has 3 aromatic rings. The highest BCUT2D eigenvalue weighted by Crippen LogP contribution is 2.45. The highest BCUT2D eigenvalue weighted by atomic mass is 19.4. The first-order valence-electron chi connectivity index (χ1n) is 8.29. The van der Waals surface area contributed by atoms with Gasteiger partial charge in [0.1, 0.15) is 0 Å². The van der Waals surface area contributed by atoms with Crippen molar-refractivity contribution in [2.24, 2.45) is 0 Å². The van der Waals surface area contributed by atoms with Crippen LogP contribution in [-0.2, 0) is 6.18 Å². The van der Waals surface area contributed by atoms with Gasteiger partial charge in [-0.25, -0.2) is 4.98 Å². The number of hydrogen-bond donors (Lipinski definition) is 1. The number of nitrogens with zero attached hydrogens (tertiary/aromatic N) is 1. The van der Waals surface area contributed by atoms with Gasteiger partial charge in [-0.05, 0) is 55.2 Å². The number of nitrogens with two attached hydrogens (primary N) is 1. The Kier molecular flexibility index (Phi) is 4.68. The minimum atomic E-state index is -4.57. The molecule has 0 aliphatic rings. The van der Waals surface area contributed by atoms with Crippen LogP contribution in [0.2, 0.25) is 0 Å². The number of hydrogen-bond acceptors (Lipinski definition) is 2. The molecule has 0 spiro atoms. The van der Waals surface area contributed by atoms with E-state index in [1.807, 2.05) is 13.0 Å². The Morgan fingerprint density at radius 2 is 1.63 bits per heavy atom. The molecule has 0 amide bonds. The van der Waals surface area contributed by atoms with E-state index in [1.54, 1.807) is 31.2 Å². The van der Waals surface area contributed by atoms with E-state index in [4.69, 9.17) is 5.73 Å². The molecule has 2 nitrogen and oxygen atoms in total. The first-order valence-corrected chi connectivity index (χ1v) is 8.29. The van der Waals surface area contributed by atoms with E-state index < -0.39 is 17.7 Å². The predicted octanol–water partition coefficient (Wildman–Crippen LogP) is 6.08. The second kappa shape index (κ2) is 6.68. The van der Waals surface area contributed by atoms with Crippen molar-refractivity contribution in [3.05, 3.63) is 70.8 Å². The third-order valence-corrected chi connectivity index (χ3v) is 4.51. The Bertz CT molecular complexity index is 1020. The summed E-state index contributed by atoms with van der Waals surface area (Å²) in [5, 5.41) is 0. The highest BCUT2D eigenvalue weighted by molar-refractivity contribution is 5.93. The molecule has 2 N–H and O–H groups in total. The maximum absolute atomic E-state index is 14.5. The van der Waals surface area contributed by atoms with Crippen molar-refractivity contribution in [2.45, 2.75) is 26.9 Å². The fourth-order valence-electron chi connectivity index (χ4n) is 3.16. The van der Waals surface area contributed by atoms with Gasteiger partial charge in [0.15, 0.2) is 0 Å². The van der Waals surface area contributed by atoms with Crippen molar-refractivity contribution in [1.29, 1.82) is 0 Å². The number of pyridine rings is 1. The molecule has 3 rings (SSSR count). The maximum atomic E-state index is 14.5. The molecule has 1 heterocycles. The van der Waals surface area contributed by atoms with Crippen molar-refractivity contribution in [1.82, 2.24) is 4.98 Å². The zero-order valence-electron chi connectivity index (χ0n) is 15.1. The second-order valence-electron chi connectivity index (χ2n) is 6.60. The second-order valence-corrected chi connectivity index (χ2v) is 6.60. The zero-order valence-corrected chi connectivity index (χ0v) is 15.1. The average Bonchev–Trinajstić information content (AvgIpc) is 2.58. The molecule has 0 fully saturated rings. The van der Waals surface area contributed by atoms with Crippen molar-refractivity contribution in [2.75, 3.05) is 5.73 Å². The van der Waals surface area contributed by atoms with Gasteiger partial charge in [-0.3, -0.25) is 0 Å². The first kappa shape index (κ1) is 18.9. The summed E-state index contributed by atoms with van der Waals surface area (Å²) in [6.07, 6.45) is -3.21. The molecule has 2 aromatic carbocycles. The topological polar surface area (TPSA) is 38.9 Å². The summed E-state index contributed by atoms with van der Waals surface area (Å²) in [5.74, 6) is -0.777. The first-order chi connectivity index (χ1) is 12.6. The zero-order chi connectivity index (χ0) is 19.9. The average molecular weight is 374 g/mol. The van der Waals surface area contributed by atoms with Crippen LogP contribution in [0.5, 0.6) is 0 Å². The van der Waals surface area contributed by atoms with Gasteiger partial charge in [-0.1, -0.05) is 29.8 Å². The summed E-state index contributed by atoms with van der Waals surface area (Å²) in [4.78, 5) is 3.70. The maximum Gasteiger partial charge on any atom is 0.416 e. The van der Waals surface area contributed by atoms with Crippen LogP contribution in [0.4, 0.5) is 23.2 Å². The van der Waals surface area contributed by atoms with Crippen molar-refractivity contribution in [3.63, 3.8) is 0 Å². The van der Waals surface area contributed by atoms with Gasteiger partial charge < -0.3 is 5.73 Å². The monoisotopic (exact) mass is 374 g/mol. The summed E-state index contributed by atoms with van der Waals surface area (Å²) < 4.78 is 55.1. The smallest absolute Gasteiger partial charge is 0.398 e. The normalized spacial score (nSPS) is 11.7. The Morgan fingerprint density at radius 3 is 2.26 bits per heavy atom. The summed E-state index contributed by atoms with van der Waals surface area (Å²) >= 11 is 0. The van der Waals surface area contributed by atoms with Crippen LogP contribution in [0.15, 0.2) is 42.6 Å². The van der Waals surface area contributed by atoms with Gasteiger partial charge in [0, 0.05) is 23.0 Å². The molecular formula is C21H18F4N2. The van der Waals surface area contributed by atoms with E-state index in [9.17, 15) is 17.6 Å². The van der Waals surface area contributed by atoms with Crippen LogP contribution in [0.25, 0.3) is 22.3 Å². The van der Waals surface area contributed by atoms with Gasteiger partial charge in [0.05, 0.1) is 5.56 Å². The van der Waals surface area contributed by atoms with Gasteiger partial charge in [-0.2, -0.15) is 17.6 Å². The van der Waals surface area contributed by atoms with E-state index >= 15 is 0 Å². The number of aryl methyl sites for hydroxylation is 2. The van der Waals surface area contributed by atoms with E-state index in [1.165, 1.54) is 13.1 Å². The minimum Gasteiger partial charge on any atom is -0.398 e. The third-order valence-electron chi connectivity index (χ3n) is 4.51. The fourth-order valence-corrected chi connectivity index (χ4v) is 3.16. The Morgan fingerprint density at radius 1 is 0.926 bits per heavy atom. The van der Waals surface area contributed by atoms with Crippen LogP contribution in [0, 0.1) is 26.7 Å². The van der Waals surface area contributed by atoms with Crippen molar-refractivity contribution < 1.29 is 17.6 Å². The molecule has 1 aromatic heterocycles. The van der Waals surface area contributed by atoms with Gasteiger partial charge in [0.25, 0.3) is 0 Å². The van der Waals surface area contributed by atoms with Crippen LogP contribution in [0.3, 0.4) is 0 Å². The number of alkyl halides is 3. The molecule has 0 unspecified atom stereocenters. The molecule has 0 saturated heterocycles. The van der Waals surface area contributed by atoms with E-state index in [2.05, 4.69) is 4.98 Å². The summed E-state index contributed by atoms with van der Waals surface area (Å²) in [6, 6.07) is 9.58. The fraction of sp³-hybridized carbons (Fsp3) is 0.190. The quantitative estimate of drug-likeness (QED) is 0.335. The number of aromatic nitrogens is 1. The molecule has 0 aliphatic carbocycles. The van der Waals surface area contributed by atoms with E-state index in [-0.39, 0.29) is 27.9 Å². The minimum absolute atomic E-state index is 0.0841. The molecular weight excluding hydrogens is 356 g/mol. The van der Waals surface area contributed by atoms with Crippen molar-refractivity contribution in [3.8, 4) is 22.3 Å². The largest absolute Gasteiger partial charge is 0.416 e. The number of halogens is 4. The molecule has 0 bridgehead atoms. The van der Waals surface area contributed by atoms with Gasteiger partial charge >= 0.3 is 6.18 Å². The standard InChI is InChI=1S/C21H18F4N2/c1-11-5-4-6-14(7-11)15-9-17(21(23,24)25)13(3)19(26)18(15)16-8-12(2)10-27-20(16)22/h4-10H,26H2,1-3H3. The number of anilines is 1. The van der Waals surface area contributed by atoms with Gasteiger partial charge in [-0.15, -0.1) is 0 Å². The lowest BCUT2D eigenvalue weighted by Gasteiger charge is -2.20. The van der Waals surface area contributed by atoms with Crippen LogP contribution >= 0.6 is 0 Å². The summed E-state index contributed by atoms with van der Waals surface area (Å²) in [5.41, 5.74) is 7.65. The lowest BCUT2D eigenvalue weighted by Crippen LogP contribution is -2.11. The molecule has 140 valence electrons. The lowest BCUT2D eigenvalue weighted by molar-refractivity contribution is -0.137. The highest BCUT2D eigenvalue weighted by Gasteiger charge is 2.35. The number of rotatable bonds is 2. The predicted molar refractivity (Wildman–Crippen MR) is 98.7 cm³/mol. The van der Waals surface area contributed by atoms with Crippen LogP contribution < -0.4 is 5.73 Å². The summed E-state index contributed by atoms with van der Waals surface area (Å²) in [7, 11) is 0. The van der Waals surface area contributed by atoms with Gasteiger partial charge in [0.2, 0.25) is 5.95 Å². The Balaban J connectivity index is 2.45. The van der Waals surface area contributed by atoms with Crippen LogP contribution in [0.1, 0.15) is 22.3 Å². The Hall–Kier alpha value is -2.89. The molecule has 27 heavy (non-hydrogen) atoms. The molecule has 0 radical (unpaired) electrons. The molecule has 0 aliphatic heterocycles. The van der Waals surface area contributed by atoms with E-state index in [0.717, 1.165) is 11.6 Å². The van der Waals surface area contributed by atoms with Crippen LogP contribution in [-0.4, -0.2) is 4.98 Å². The van der Waals surface area contributed by atoms with E-state index in [0.29, 0.717) is 11.1 Å². The molecule has 6 heteroatoms. The molecule has 0 atom stereocenters. The number of benzene rings is 2. The lowest BCUT2D eigenvalue weighted by atomic mass is 9.88. The van der Waals surface area contributed by atoms with Crippen molar-refractivity contribution >= 4 is 5.69 Å². The molecule has 0 saturated carbocycles. The Labute approximate surface area is 154 Å². The number of nitrogen functional groups attached to an aromatic ring is 1. The SMILES string of the molecule is Cc1cccc(-c2cc(C(F)(F)F)c(C)c(N)c2-c2cc(C)cnc2F)c1. The summed E-state index contributed by atoms with van der Waals surface area (Å²) in [6.45, 7) is 4.86. The third kappa shape index (κ3) is 3.52.